The zero-order valence-corrected chi connectivity index (χ0v) is 18.9. The second-order valence-electron chi connectivity index (χ2n) is 9.31. The van der Waals surface area contributed by atoms with Crippen LogP contribution in [0.15, 0.2) is 115 Å². The summed E-state index contributed by atoms with van der Waals surface area (Å²) >= 11 is 0. The first-order valence-electron chi connectivity index (χ1n) is 11.5. The van der Waals surface area contributed by atoms with Crippen LogP contribution >= 0.6 is 0 Å². The van der Waals surface area contributed by atoms with E-state index in [0.29, 0.717) is 0 Å². The highest BCUT2D eigenvalue weighted by Gasteiger charge is 2.35. The first kappa shape index (κ1) is 19.7. The van der Waals surface area contributed by atoms with Crippen molar-refractivity contribution in [2.24, 2.45) is 0 Å². The molecule has 0 bridgehead atoms. The standard InChI is InChI=1S/C32H25N/c1-32(2)29-14-4-3-13-27(29)28-21-25(16-17-30(28)32)23-10-7-9-22(19-23)24-11-8-12-26(20-24)31-15-5-6-18-33-31/h3-21H,1-2H3. The van der Waals surface area contributed by atoms with Crippen molar-refractivity contribution in [1.29, 1.82) is 0 Å². The zero-order chi connectivity index (χ0) is 22.4. The summed E-state index contributed by atoms with van der Waals surface area (Å²) < 4.78 is 0. The lowest BCUT2D eigenvalue weighted by molar-refractivity contribution is 0.660. The fraction of sp³-hybridized carbons (Fsp3) is 0.0938. The predicted molar refractivity (Wildman–Crippen MR) is 138 cm³/mol. The highest BCUT2D eigenvalue weighted by Crippen LogP contribution is 2.49. The second-order valence-corrected chi connectivity index (χ2v) is 9.31. The van der Waals surface area contributed by atoms with Crippen LogP contribution in [0.4, 0.5) is 0 Å². The molecule has 0 amide bonds. The fourth-order valence-corrected chi connectivity index (χ4v) is 5.17. The molecule has 1 aliphatic carbocycles. The molecule has 0 spiro atoms. The maximum atomic E-state index is 4.51. The molecule has 4 aromatic carbocycles. The van der Waals surface area contributed by atoms with Crippen LogP contribution in [0, 0.1) is 0 Å². The van der Waals surface area contributed by atoms with Crippen molar-refractivity contribution in [2.45, 2.75) is 19.3 Å². The molecule has 0 fully saturated rings. The van der Waals surface area contributed by atoms with Crippen molar-refractivity contribution >= 4 is 0 Å². The summed E-state index contributed by atoms with van der Waals surface area (Å²) in [6.45, 7) is 4.65. The minimum absolute atomic E-state index is 0.0399. The molecule has 0 saturated heterocycles. The van der Waals surface area contributed by atoms with Crippen LogP contribution in [0.2, 0.25) is 0 Å². The summed E-state index contributed by atoms with van der Waals surface area (Å²) in [4.78, 5) is 4.51. The summed E-state index contributed by atoms with van der Waals surface area (Å²) in [7, 11) is 0. The Balaban J connectivity index is 1.42. The van der Waals surface area contributed by atoms with Crippen LogP contribution < -0.4 is 0 Å². The van der Waals surface area contributed by atoms with E-state index in [1.807, 2.05) is 18.3 Å². The lowest BCUT2D eigenvalue weighted by Crippen LogP contribution is -2.14. The van der Waals surface area contributed by atoms with Gasteiger partial charge in [-0.05, 0) is 74.8 Å². The molecule has 1 heterocycles. The quantitative estimate of drug-likeness (QED) is 0.284. The molecule has 0 unspecified atom stereocenters. The van der Waals surface area contributed by atoms with E-state index in [-0.39, 0.29) is 5.41 Å². The smallest absolute Gasteiger partial charge is 0.0702 e. The Morgan fingerprint density at radius 2 is 1.09 bits per heavy atom. The normalized spacial score (nSPS) is 13.4. The second kappa shape index (κ2) is 7.56. The molecule has 158 valence electrons. The molecule has 0 N–H and O–H groups in total. The van der Waals surface area contributed by atoms with Crippen LogP contribution in [0.3, 0.4) is 0 Å². The minimum Gasteiger partial charge on any atom is -0.256 e. The zero-order valence-electron chi connectivity index (χ0n) is 18.9. The van der Waals surface area contributed by atoms with Gasteiger partial charge in [0, 0.05) is 17.2 Å². The van der Waals surface area contributed by atoms with Gasteiger partial charge >= 0.3 is 0 Å². The largest absolute Gasteiger partial charge is 0.256 e. The number of rotatable bonds is 3. The minimum atomic E-state index is 0.0399. The Labute approximate surface area is 195 Å². The van der Waals surface area contributed by atoms with E-state index in [4.69, 9.17) is 0 Å². The van der Waals surface area contributed by atoms with Crippen molar-refractivity contribution in [2.75, 3.05) is 0 Å². The summed E-state index contributed by atoms with van der Waals surface area (Å²) in [6.07, 6.45) is 1.84. The van der Waals surface area contributed by atoms with Crippen molar-refractivity contribution in [3.05, 3.63) is 127 Å². The summed E-state index contributed by atoms with van der Waals surface area (Å²) in [5.41, 5.74) is 12.6. The molecular weight excluding hydrogens is 398 g/mol. The molecule has 33 heavy (non-hydrogen) atoms. The predicted octanol–water partition coefficient (Wildman–Crippen LogP) is 8.39. The number of hydrogen-bond acceptors (Lipinski definition) is 1. The Kier molecular flexibility index (Phi) is 4.52. The van der Waals surface area contributed by atoms with Crippen LogP contribution in [-0.4, -0.2) is 4.98 Å². The molecule has 1 aromatic heterocycles. The van der Waals surface area contributed by atoms with Gasteiger partial charge in [0.15, 0.2) is 0 Å². The van der Waals surface area contributed by atoms with Gasteiger partial charge in [-0.25, -0.2) is 0 Å². The SMILES string of the molecule is CC1(C)c2ccccc2-c2cc(-c3cccc(-c4cccc(-c5ccccn5)c4)c3)ccc21. The molecule has 0 saturated carbocycles. The van der Waals surface area contributed by atoms with Gasteiger partial charge in [0.25, 0.3) is 0 Å². The maximum absolute atomic E-state index is 4.51. The molecule has 1 aliphatic rings. The third-order valence-electron chi connectivity index (χ3n) is 6.94. The van der Waals surface area contributed by atoms with Gasteiger partial charge in [0.2, 0.25) is 0 Å². The Hall–Kier alpha value is -3.97. The Morgan fingerprint density at radius 1 is 0.485 bits per heavy atom. The van der Waals surface area contributed by atoms with Crippen LogP contribution in [0.5, 0.6) is 0 Å². The average molecular weight is 424 g/mol. The van der Waals surface area contributed by atoms with Gasteiger partial charge < -0.3 is 0 Å². The van der Waals surface area contributed by atoms with Crippen LogP contribution in [0.1, 0.15) is 25.0 Å². The molecule has 1 heteroatoms. The third kappa shape index (κ3) is 3.29. The van der Waals surface area contributed by atoms with E-state index < -0.39 is 0 Å². The molecular formula is C32H25N. The number of nitrogens with zero attached hydrogens (tertiary/aromatic N) is 1. The van der Waals surface area contributed by atoms with E-state index in [2.05, 4.69) is 116 Å². The van der Waals surface area contributed by atoms with Crippen molar-refractivity contribution in [3.63, 3.8) is 0 Å². The van der Waals surface area contributed by atoms with Gasteiger partial charge in [0.1, 0.15) is 0 Å². The number of benzene rings is 4. The molecule has 0 atom stereocenters. The molecule has 1 nitrogen and oxygen atoms in total. The molecule has 0 aliphatic heterocycles. The van der Waals surface area contributed by atoms with Crippen molar-refractivity contribution in [1.82, 2.24) is 4.98 Å². The van der Waals surface area contributed by atoms with Gasteiger partial charge in [-0.1, -0.05) is 92.7 Å². The summed E-state index contributed by atoms with van der Waals surface area (Å²) in [5.74, 6) is 0. The molecule has 0 radical (unpaired) electrons. The topological polar surface area (TPSA) is 12.9 Å². The summed E-state index contributed by atoms with van der Waals surface area (Å²) in [5, 5.41) is 0. The van der Waals surface area contributed by atoms with Crippen LogP contribution in [-0.2, 0) is 5.41 Å². The molecule has 5 aromatic rings. The Bertz CT molecular complexity index is 1480. The van der Waals surface area contributed by atoms with Crippen molar-refractivity contribution < 1.29 is 0 Å². The van der Waals surface area contributed by atoms with E-state index in [0.717, 1.165) is 11.3 Å². The average Bonchev–Trinajstić information content (AvgIpc) is 3.11. The maximum Gasteiger partial charge on any atom is 0.0702 e. The molecule has 6 rings (SSSR count). The summed E-state index contributed by atoms with van der Waals surface area (Å²) in [6, 6.07) is 39.3. The van der Waals surface area contributed by atoms with E-state index in [1.165, 1.54) is 44.5 Å². The van der Waals surface area contributed by atoms with Gasteiger partial charge in [-0.15, -0.1) is 0 Å². The van der Waals surface area contributed by atoms with Gasteiger partial charge in [0.05, 0.1) is 5.69 Å². The van der Waals surface area contributed by atoms with E-state index in [1.54, 1.807) is 0 Å². The number of fused-ring (bicyclic) bond motifs is 3. The van der Waals surface area contributed by atoms with E-state index >= 15 is 0 Å². The van der Waals surface area contributed by atoms with E-state index in [9.17, 15) is 0 Å². The highest BCUT2D eigenvalue weighted by atomic mass is 14.7. The lowest BCUT2D eigenvalue weighted by Gasteiger charge is -2.21. The first-order valence-corrected chi connectivity index (χ1v) is 11.5. The lowest BCUT2D eigenvalue weighted by atomic mass is 9.82. The van der Waals surface area contributed by atoms with Gasteiger partial charge in [-0.3, -0.25) is 4.98 Å². The first-order chi connectivity index (χ1) is 16.1. The monoisotopic (exact) mass is 423 g/mol. The number of aromatic nitrogens is 1. The number of hydrogen-bond donors (Lipinski definition) is 0. The van der Waals surface area contributed by atoms with Gasteiger partial charge in [-0.2, -0.15) is 0 Å². The Morgan fingerprint density at radius 3 is 1.82 bits per heavy atom. The van der Waals surface area contributed by atoms with Crippen molar-refractivity contribution in [3.8, 4) is 44.6 Å². The van der Waals surface area contributed by atoms with Crippen LogP contribution in [0.25, 0.3) is 44.6 Å². The highest BCUT2D eigenvalue weighted by molar-refractivity contribution is 5.85. The number of pyridine rings is 1. The third-order valence-corrected chi connectivity index (χ3v) is 6.94. The fourth-order valence-electron chi connectivity index (χ4n) is 5.17.